The first-order valence-electron chi connectivity index (χ1n) is 6.41. The van der Waals surface area contributed by atoms with E-state index in [0.29, 0.717) is 5.69 Å². The van der Waals surface area contributed by atoms with Crippen molar-refractivity contribution in [3.8, 4) is 0 Å². The lowest BCUT2D eigenvalue weighted by Crippen LogP contribution is -2.29. The number of nitrogens with two attached hydrogens (primary N) is 1. The van der Waals surface area contributed by atoms with Gasteiger partial charge in [0.25, 0.3) is 0 Å². The standard InChI is InChI=1S/C15H18FN3/c16-13-9-5-11-18-15(13)14(19-17)10-4-8-12-6-2-1-3-7-12/h1-3,5-7,9,11,14,19H,4,8,10,17H2. The van der Waals surface area contributed by atoms with Gasteiger partial charge in [-0.15, -0.1) is 0 Å². The molecule has 2 rings (SSSR count). The topological polar surface area (TPSA) is 50.9 Å². The van der Waals surface area contributed by atoms with Gasteiger partial charge < -0.3 is 0 Å². The molecule has 1 atom stereocenters. The Bertz CT molecular complexity index is 502. The normalized spacial score (nSPS) is 12.3. The quantitative estimate of drug-likeness (QED) is 0.619. The minimum Gasteiger partial charge on any atom is -0.271 e. The number of hydrogen-bond acceptors (Lipinski definition) is 3. The van der Waals surface area contributed by atoms with Crippen LogP contribution in [0.1, 0.15) is 30.1 Å². The number of nitrogens with zero attached hydrogens (tertiary/aromatic N) is 1. The zero-order chi connectivity index (χ0) is 13.5. The molecule has 0 radical (unpaired) electrons. The molecule has 0 saturated carbocycles. The van der Waals surface area contributed by atoms with Crippen molar-refractivity contribution in [2.24, 2.45) is 5.84 Å². The van der Waals surface area contributed by atoms with Crippen LogP contribution in [-0.4, -0.2) is 4.98 Å². The molecule has 0 aliphatic heterocycles. The molecule has 3 N–H and O–H groups in total. The SMILES string of the molecule is NNC(CCCc1ccccc1)c1ncccc1F. The van der Waals surface area contributed by atoms with Gasteiger partial charge >= 0.3 is 0 Å². The average molecular weight is 259 g/mol. The summed E-state index contributed by atoms with van der Waals surface area (Å²) in [6.45, 7) is 0. The monoisotopic (exact) mass is 259 g/mol. The van der Waals surface area contributed by atoms with Gasteiger partial charge in [0.1, 0.15) is 5.82 Å². The van der Waals surface area contributed by atoms with E-state index in [1.165, 1.54) is 11.6 Å². The van der Waals surface area contributed by atoms with E-state index in [0.717, 1.165) is 19.3 Å². The maximum absolute atomic E-state index is 13.6. The van der Waals surface area contributed by atoms with Gasteiger partial charge in [-0.1, -0.05) is 30.3 Å². The molecule has 1 unspecified atom stereocenters. The van der Waals surface area contributed by atoms with Crippen molar-refractivity contribution in [3.05, 3.63) is 65.7 Å². The zero-order valence-electron chi connectivity index (χ0n) is 10.7. The fourth-order valence-corrected chi connectivity index (χ4v) is 2.11. The Morgan fingerprint density at radius 1 is 1.16 bits per heavy atom. The molecule has 19 heavy (non-hydrogen) atoms. The van der Waals surface area contributed by atoms with E-state index in [4.69, 9.17) is 5.84 Å². The predicted molar refractivity (Wildman–Crippen MR) is 73.6 cm³/mol. The molecular weight excluding hydrogens is 241 g/mol. The third kappa shape index (κ3) is 3.84. The molecule has 3 nitrogen and oxygen atoms in total. The molecule has 0 bridgehead atoms. The molecule has 2 aromatic rings. The highest BCUT2D eigenvalue weighted by atomic mass is 19.1. The first kappa shape index (κ1) is 13.6. The Kier molecular flexibility index (Phi) is 5.01. The molecule has 0 amide bonds. The van der Waals surface area contributed by atoms with Crippen LogP contribution in [0.25, 0.3) is 0 Å². The summed E-state index contributed by atoms with van der Waals surface area (Å²) in [6.07, 6.45) is 4.21. The van der Waals surface area contributed by atoms with Crippen molar-refractivity contribution in [1.82, 2.24) is 10.4 Å². The van der Waals surface area contributed by atoms with Crippen molar-refractivity contribution < 1.29 is 4.39 Å². The van der Waals surface area contributed by atoms with E-state index in [1.54, 1.807) is 12.3 Å². The maximum Gasteiger partial charge on any atom is 0.146 e. The van der Waals surface area contributed by atoms with Crippen LogP contribution in [0, 0.1) is 5.82 Å². The second kappa shape index (κ2) is 6.97. The van der Waals surface area contributed by atoms with E-state index in [2.05, 4.69) is 22.5 Å². The van der Waals surface area contributed by atoms with Gasteiger partial charge in [-0.05, 0) is 37.0 Å². The van der Waals surface area contributed by atoms with Gasteiger partial charge in [0.2, 0.25) is 0 Å². The van der Waals surface area contributed by atoms with E-state index < -0.39 is 0 Å². The van der Waals surface area contributed by atoms with Crippen LogP contribution in [0.5, 0.6) is 0 Å². The highest BCUT2D eigenvalue weighted by Crippen LogP contribution is 2.19. The average Bonchev–Trinajstić information content (AvgIpc) is 2.46. The maximum atomic E-state index is 13.6. The summed E-state index contributed by atoms with van der Waals surface area (Å²) in [6, 6.07) is 13.0. The van der Waals surface area contributed by atoms with Crippen LogP contribution in [-0.2, 0) is 6.42 Å². The van der Waals surface area contributed by atoms with Crippen molar-refractivity contribution in [3.63, 3.8) is 0 Å². The fraction of sp³-hybridized carbons (Fsp3) is 0.267. The van der Waals surface area contributed by atoms with Crippen LogP contribution < -0.4 is 11.3 Å². The lowest BCUT2D eigenvalue weighted by molar-refractivity contribution is 0.459. The molecule has 0 fully saturated rings. The summed E-state index contributed by atoms with van der Waals surface area (Å²) in [5.74, 6) is 5.18. The van der Waals surface area contributed by atoms with Gasteiger partial charge in [0.15, 0.2) is 0 Å². The Morgan fingerprint density at radius 3 is 2.63 bits per heavy atom. The fourth-order valence-electron chi connectivity index (χ4n) is 2.11. The highest BCUT2D eigenvalue weighted by Gasteiger charge is 2.14. The Balaban J connectivity index is 1.92. The Hall–Kier alpha value is -1.78. The zero-order valence-corrected chi connectivity index (χ0v) is 10.7. The van der Waals surface area contributed by atoms with Crippen LogP contribution >= 0.6 is 0 Å². The van der Waals surface area contributed by atoms with Gasteiger partial charge in [-0.2, -0.15) is 0 Å². The molecule has 1 aromatic carbocycles. The number of aryl methyl sites for hydroxylation is 1. The lowest BCUT2D eigenvalue weighted by atomic mass is 10.0. The molecule has 0 saturated heterocycles. The molecule has 0 spiro atoms. The third-order valence-electron chi connectivity index (χ3n) is 3.12. The lowest BCUT2D eigenvalue weighted by Gasteiger charge is -2.15. The molecule has 4 heteroatoms. The number of halogens is 1. The van der Waals surface area contributed by atoms with Crippen LogP contribution in [0.4, 0.5) is 4.39 Å². The molecule has 100 valence electrons. The Morgan fingerprint density at radius 2 is 1.95 bits per heavy atom. The van der Waals surface area contributed by atoms with E-state index >= 15 is 0 Å². The van der Waals surface area contributed by atoms with Crippen LogP contribution in [0.3, 0.4) is 0 Å². The number of hydrazine groups is 1. The van der Waals surface area contributed by atoms with Crippen LogP contribution in [0.15, 0.2) is 48.7 Å². The van der Waals surface area contributed by atoms with Gasteiger partial charge in [-0.3, -0.25) is 16.3 Å². The largest absolute Gasteiger partial charge is 0.271 e. The summed E-state index contributed by atoms with van der Waals surface area (Å²) < 4.78 is 13.6. The number of hydrogen-bond donors (Lipinski definition) is 2. The first-order valence-corrected chi connectivity index (χ1v) is 6.41. The smallest absolute Gasteiger partial charge is 0.146 e. The summed E-state index contributed by atoms with van der Waals surface area (Å²) >= 11 is 0. The molecular formula is C15H18FN3. The number of nitrogens with one attached hydrogen (secondary N) is 1. The van der Waals surface area contributed by atoms with E-state index in [9.17, 15) is 4.39 Å². The number of rotatable bonds is 6. The summed E-state index contributed by atoms with van der Waals surface area (Å²) in [5, 5.41) is 0. The minimum absolute atomic E-state index is 0.245. The molecule has 1 heterocycles. The van der Waals surface area contributed by atoms with Crippen molar-refractivity contribution in [2.75, 3.05) is 0 Å². The molecule has 0 aliphatic carbocycles. The van der Waals surface area contributed by atoms with Crippen LogP contribution in [0.2, 0.25) is 0 Å². The first-order chi connectivity index (χ1) is 9.31. The summed E-state index contributed by atoms with van der Waals surface area (Å²) in [7, 11) is 0. The van der Waals surface area contributed by atoms with E-state index in [1.807, 2.05) is 18.2 Å². The summed E-state index contributed by atoms with van der Waals surface area (Å²) in [5.41, 5.74) is 4.31. The minimum atomic E-state index is -0.315. The van der Waals surface area contributed by atoms with Crippen molar-refractivity contribution >= 4 is 0 Å². The van der Waals surface area contributed by atoms with Gasteiger partial charge in [0, 0.05) is 6.20 Å². The predicted octanol–water partition coefficient (Wildman–Crippen LogP) is 2.75. The van der Waals surface area contributed by atoms with Crippen molar-refractivity contribution in [1.29, 1.82) is 0 Å². The van der Waals surface area contributed by atoms with Gasteiger partial charge in [-0.25, -0.2) is 4.39 Å². The van der Waals surface area contributed by atoms with E-state index in [-0.39, 0.29) is 11.9 Å². The number of aromatic nitrogens is 1. The Labute approximate surface area is 112 Å². The molecule has 0 aliphatic rings. The third-order valence-corrected chi connectivity index (χ3v) is 3.12. The summed E-state index contributed by atoms with van der Waals surface area (Å²) in [4.78, 5) is 4.06. The van der Waals surface area contributed by atoms with Gasteiger partial charge in [0.05, 0.1) is 11.7 Å². The second-order valence-corrected chi connectivity index (χ2v) is 4.47. The molecule has 1 aromatic heterocycles. The highest BCUT2D eigenvalue weighted by molar-refractivity contribution is 5.15. The number of benzene rings is 1. The second-order valence-electron chi connectivity index (χ2n) is 4.47. The van der Waals surface area contributed by atoms with Crippen molar-refractivity contribution in [2.45, 2.75) is 25.3 Å². The number of pyridine rings is 1.